The Balaban J connectivity index is 1.98. The number of furan rings is 1. The molecular formula is C14H14BrN3O6S. The molecule has 11 heteroatoms. The molecule has 0 saturated heterocycles. The van der Waals surface area contributed by atoms with Gasteiger partial charge in [0.15, 0.2) is 20.3 Å². The Hall–Kier alpha value is -2.40. The van der Waals surface area contributed by atoms with Gasteiger partial charge in [-0.15, -0.1) is 0 Å². The van der Waals surface area contributed by atoms with Crippen molar-refractivity contribution in [3.63, 3.8) is 0 Å². The van der Waals surface area contributed by atoms with E-state index in [1.165, 1.54) is 18.2 Å². The lowest BCUT2D eigenvalue weighted by Crippen LogP contribution is -2.28. The minimum absolute atomic E-state index is 0.135. The molecule has 0 aliphatic carbocycles. The van der Waals surface area contributed by atoms with Crippen molar-refractivity contribution in [2.24, 2.45) is 0 Å². The maximum atomic E-state index is 11.8. The van der Waals surface area contributed by atoms with Gasteiger partial charge in [0, 0.05) is 25.4 Å². The highest BCUT2D eigenvalue weighted by molar-refractivity contribution is 9.10. The maximum Gasteiger partial charge on any atom is 0.293 e. The van der Waals surface area contributed by atoms with Gasteiger partial charge in [-0.05, 0) is 40.2 Å². The van der Waals surface area contributed by atoms with Crippen LogP contribution in [0.3, 0.4) is 0 Å². The first kappa shape index (κ1) is 18.9. The number of nitro benzene ring substituents is 1. The Morgan fingerprint density at radius 1 is 1.28 bits per heavy atom. The standard InChI is InChI=1S/C14H14BrN3O6S/c1-25(22,23)9-2-3-10(11(8-9)18(20)21)16-6-7-17-14(19)12-4-5-13(15)24-12/h2-5,8,16H,6-7H2,1H3,(H,17,19). The first-order valence-corrected chi connectivity index (χ1v) is 9.63. The average molecular weight is 432 g/mol. The van der Waals surface area contributed by atoms with Gasteiger partial charge in [-0.1, -0.05) is 0 Å². The van der Waals surface area contributed by atoms with Crippen LogP contribution in [-0.2, 0) is 9.84 Å². The zero-order valence-electron chi connectivity index (χ0n) is 13.0. The van der Waals surface area contributed by atoms with Gasteiger partial charge in [0.2, 0.25) is 0 Å². The molecule has 1 heterocycles. The van der Waals surface area contributed by atoms with Crippen LogP contribution in [0.4, 0.5) is 11.4 Å². The van der Waals surface area contributed by atoms with E-state index < -0.39 is 20.7 Å². The van der Waals surface area contributed by atoms with Crippen molar-refractivity contribution in [1.82, 2.24) is 5.32 Å². The van der Waals surface area contributed by atoms with E-state index in [-0.39, 0.29) is 35.1 Å². The van der Waals surface area contributed by atoms with Gasteiger partial charge in [0.25, 0.3) is 11.6 Å². The van der Waals surface area contributed by atoms with Crippen LogP contribution in [0.25, 0.3) is 0 Å². The second-order valence-electron chi connectivity index (χ2n) is 4.99. The number of carbonyl (C=O) groups excluding carboxylic acids is 1. The lowest BCUT2D eigenvalue weighted by molar-refractivity contribution is -0.384. The summed E-state index contributed by atoms with van der Waals surface area (Å²) in [6.07, 6.45) is 0.974. The highest BCUT2D eigenvalue weighted by Gasteiger charge is 2.18. The van der Waals surface area contributed by atoms with E-state index in [1.807, 2.05) is 0 Å². The van der Waals surface area contributed by atoms with Gasteiger partial charge in [-0.2, -0.15) is 0 Å². The quantitative estimate of drug-likeness (QED) is 0.390. The second-order valence-corrected chi connectivity index (χ2v) is 7.79. The van der Waals surface area contributed by atoms with E-state index >= 15 is 0 Å². The summed E-state index contributed by atoms with van der Waals surface area (Å²) in [5.41, 5.74) is -0.198. The number of anilines is 1. The molecule has 0 atom stereocenters. The SMILES string of the molecule is CS(=O)(=O)c1ccc(NCCNC(=O)c2ccc(Br)o2)c([N+](=O)[O-])c1. The van der Waals surface area contributed by atoms with Crippen molar-refractivity contribution in [3.05, 3.63) is 50.9 Å². The van der Waals surface area contributed by atoms with Crippen LogP contribution >= 0.6 is 15.9 Å². The van der Waals surface area contributed by atoms with E-state index in [4.69, 9.17) is 4.42 Å². The molecule has 0 aliphatic heterocycles. The molecule has 0 aliphatic rings. The smallest absolute Gasteiger partial charge is 0.293 e. The number of nitrogens with one attached hydrogen (secondary N) is 2. The zero-order chi connectivity index (χ0) is 18.6. The zero-order valence-corrected chi connectivity index (χ0v) is 15.4. The Morgan fingerprint density at radius 3 is 2.56 bits per heavy atom. The van der Waals surface area contributed by atoms with Gasteiger partial charge in [-0.3, -0.25) is 14.9 Å². The van der Waals surface area contributed by atoms with Crippen molar-refractivity contribution in [2.75, 3.05) is 24.7 Å². The summed E-state index contributed by atoms with van der Waals surface area (Å²) in [6, 6.07) is 6.68. The van der Waals surface area contributed by atoms with E-state index in [2.05, 4.69) is 26.6 Å². The molecule has 0 bridgehead atoms. The van der Waals surface area contributed by atoms with E-state index in [9.17, 15) is 23.3 Å². The van der Waals surface area contributed by atoms with Crippen LogP contribution in [0, 0.1) is 10.1 Å². The van der Waals surface area contributed by atoms with Crippen molar-refractivity contribution in [3.8, 4) is 0 Å². The molecule has 1 amide bonds. The highest BCUT2D eigenvalue weighted by atomic mass is 79.9. The molecular weight excluding hydrogens is 418 g/mol. The number of amides is 1. The summed E-state index contributed by atoms with van der Waals surface area (Å²) in [6.45, 7) is 0.384. The number of carbonyl (C=O) groups is 1. The third kappa shape index (κ3) is 5.03. The maximum absolute atomic E-state index is 11.8. The second kappa shape index (κ2) is 7.66. The molecule has 0 spiro atoms. The molecule has 0 unspecified atom stereocenters. The number of hydrogen-bond acceptors (Lipinski definition) is 7. The van der Waals surface area contributed by atoms with E-state index in [0.29, 0.717) is 4.67 Å². The number of benzene rings is 1. The predicted octanol–water partition coefficient (Wildman–Crippen LogP) is 2.20. The van der Waals surface area contributed by atoms with Crippen molar-refractivity contribution >= 4 is 43.0 Å². The molecule has 2 rings (SSSR count). The first-order chi connectivity index (χ1) is 11.7. The largest absolute Gasteiger partial charge is 0.444 e. The van der Waals surface area contributed by atoms with E-state index in [1.54, 1.807) is 6.07 Å². The summed E-state index contributed by atoms with van der Waals surface area (Å²) in [4.78, 5) is 22.1. The molecule has 2 N–H and O–H groups in total. The molecule has 0 fully saturated rings. The fourth-order valence-electron chi connectivity index (χ4n) is 1.94. The molecule has 134 valence electrons. The summed E-state index contributed by atoms with van der Waals surface area (Å²) >= 11 is 3.09. The number of hydrogen-bond donors (Lipinski definition) is 2. The van der Waals surface area contributed by atoms with Gasteiger partial charge >= 0.3 is 0 Å². The normalized spacial score (nSPS) is 11.1. The fourth-order valence-corrected chi connectivity index (χ4v) is 2.89. The van der Waals surface area contributed by atoms with Crippen LogP contribution in [0.5, 0.6) is 0 Å². The lowest BCUT2D eigenvalue weighted by atomic mass is 10.2. The minimum atomic E-state index is -3.54. The summed E-state index contributed by atoms with van der Waals surface area (Å²) < 4.78 is 28.5. The molecule has 0 saturated carbocycles. The molecule has 1 aromatic heterocycles. The molecule has 0 radical (unpaired) electrons. The number of rotatable bonds is 7. The predicted molar refractivity (Wildman–Crippen MR) is 93.4 cm³/mol. The third-order valence-electron chi connectivity index (χ3n) is 3.12. The number of halogens is 1. The fraction of sp³-hybridized carbons (Fsp3) is 0.214. The Morgan fingerprint density at radius 2 is 2.00 bits per heavy atom. The van der Waals surface area contributed by atoms with Gasteiger partial charge in [-0.25, -0.2) is 8.42 Å². The Bertz CT molecular complexity index is 909. The van der Waals surface area contributed by atoms with Gasteiger partial charge in [0.1, 0.15) is 5.69 Å². The third-order valence-corrected chi connectivity index (χ3v) is 4.65. The van der Waals surface area contributed by atoms with Crippen molar-refractivity contribution in [2.45, 2.75) is 4.90 Å². The minimum Gasteiger partial charge on any atom is -0.444 e. The highest BCUT2D eigenvalue weighted by Crippen LogP contribution is 2.27. The van der Waals surface area contributed by atoms with Gasteiger partial charge in [0.05, 0.1) is 9.82 Å². The Kier molecular flexibility index (Phi) is 5.80. The van der Waals surface area contributed by atoms with E-state index in [0.717, 1.165) is 12.3 Å². The number of nitro groups is 1. The molecule has 9 nitrogen and oxygen atoms in total. The van der Waals surface area contributed by atoms with Crippen molar-refractivity contribution < 1.29 is 22.6 Å². The van der Waals surface area contributed by atoms with Crippen LogP contribution in [0.15, 0.2) is 44.3 Å². The lowest BCUT2D eigenvalue weighted by Gasteiger charge is -2.09. The monoisotopic (exact) mass is 431 g/mol. The Labute approximate surface area is 151 Å². The molecule has 2 aromatic rings. The number of nitrogens with zero attached hydrogens (tertiary/aromatic N) is 1. The van der Waals surface area contributed by atoms with Crippen molar-refractivity contribution in [1.29, 1.82) is 0 Å². The summed E-state index contributed by atoms with van der Waals surface area (Å²) in [5, 5.41) is 16.5. The average Bonchev–Trinajstić information content (AvgIpc) is 2.97. The first-order valence-electron chi connectivity index (χ1n) is 6.94. The van der Waals surface area contributed by atoms with Crippen LogP contribution in [-0.4, -0.2) is 38.6 Å². The number of sulfone groups is 1. The topological polar surface area (TPSA) is 132 Å². The molecule has 1 aromatic carbocycles. The van der Waals surface area contributed by atoms with Crippen LogP contribution in [0.1, 0.15) is 10.6 Å². The molecule has 25 heavy (non-hydrogen) atoms. The summed E-state index contributed by atoms with van der Waals surface area (Å²) in [7, 11) is -3.54. The van der Waals surface area contributed by atoms with Gasteiger partial charge < -0.3 is 15.1 Å². The van der Waals surface area contributed by atoms with Crippen LogP contribution < -0.4 is 10.6 Å². The summed E-state index contributed by atoms with van der Waals surface area (Å²) in [5.74, 6) is -0.287. The van der Waals surface area contributed by atoms with Crippen LogP contribution in [0.2, 0.25) is 0 Å².